The van der Waals surface area contributed by atoms with Crippen LogP contribution in [0.1, 0.15) is 47.8 Å². The predicted molar refractivity (Wildman–Crippen MR) is 102 cm³/mol. The first kappa shape index (κ1) is 17.1. The summed E-state index contributed by atoms with van der Waals surface area (Å²) in [5, 5.41) is 7.56. The third-order valence-corrected chi connectivity index (χ3v) is 5.65. The Morgan fingerprint density at radius 2 is 1.96 bits per heavy atom. The van der Waals surface area contributed by atoms with Crippen LogP contribution in [0.2, 0.25) is 0 Å². The number of hydrogen-bond acceptors (Lipinski definition) is 5. The van der Waals surface area contributed by atoms with Crippen LogP contribution in [0, 0.1) is 5.92 Å². The fourth-order valence-electron chi connectivity index (χ4n) is 3.95. The van der Waals surface area contributed by atoms with Crippen LogP contribution in [0.15, 0.2) is 43.4 Å². The number of pyridine rings is 1. The third-order valence-electron chi connectivity index (χ3n) is 5.65. The van der Waals surface area contributed by atoms with Gasteiger partial charge in [0, 0.05) is 44.1 Å². The Balaban J connectivity index is 1.29. The number of rotatable bonds is 5. The third kappa shape index (κ3) is 3.42. The summed E-state index contributed by atoms with van der Waals surface area (Å²) in [6.45, 7) is 2.56. The number of hydrogen-bond donors (Lipinski definition) is 0. The molecule has 1 amide bonds. The van der Waals surface area contributed by atoms with Crippen molar-refractivity contribution in [3.8, 4) is 5.82 Å². The fourth-order valence-corrected chi connectivity index (χ4v) is 3.95. The van der Waals surface area contributed by atoms with E-state index in [4.69, 9.17) is 0 Å². The lowest BCUT2D eigenvalue weighted by Gasteiger charge is -2.32. The van der Waals surface area contributed by atoms with Gasteiger partial charge in [0.05, 0.1) is 5.56 Å². The zero-order chi connectivity index (χ0) is 18.9. The van der Waals surface area contributed by atoms with E-state index in [9.17, 15) is 4.79 Å². The zero-order valence-electron chi connectivity index (χ0n) is 15.7. The maximum Gasteiger partial charge on any atom is 0.255 e. The van der Waals surface area contributed by atoms with Gasteiger partial charge in [-0.1, -0.05) is 0 Å². The van der Waals surface area contributed by atoms with E-state index in [0.29, 0.717) is 23.8 Å². The van der Waals surface area contributed by atoms with Gasteiger partial charge in [-0.15, -0.1) is 10.2 Å². The quantitative estimate of drug-likeness (QED) is 0.681. The Hall–Kier alpha value is -3.03. The molecule has 0 spiro atoms. The molecule has 1 aliphatic carbocycles. The molecule has 5 rings (SSSR count). The average Bonchev–Trinajstić information content (AvgIpc) is 3.20. The molecule has 8 heteroatoms. The van der Waals surface area contributed by atoms with Gasteiger partial charge in [-0.25, -0.2) is 9.97 Å². The number of likely N-dealkylation sites (tertiary alicyclic amines) is 1. The molecule has 1 atom stereocenters. The zero-order valence-corrected chi connectivity index (χ0v) is 15.7. The van der Waals surface area contributed by atoms with Gasteiger partial charge in [0.25, 0.3) is 5.91 Å². The monoisotopic (exact) mass is 377 g/mol. The smallest absolute Gasteiger partial charge is 0.255 e. The molecule has 0 radical (unpaired) electrons. The van der Waals surface area contributed by atoms with E-state index in [-0.39, 0.29) is 5.91 Å². The van der Waals surface area contributed by atoms with Gasteiger partial charge >= 0.3 is 0 Å². The molecule has 0 aromatic carbocycles. The van der Waals surface area contributed by atoms with E-state index in [2.05, 4.69) is 30.9 Å². The Labute approximate surface area is 163 Å². The fraction of sp³-hybridized carbons (Fsp3) is 0.450. The van der Waals surface area contributed by atoms with Crippen LogP contribution >= 0.6 is 0 Å². The second-order valence-corrected chi connectivity index (χ2v) is 7.75. The van der Waals surface area contributed by atoms with Crippen LogP contribution in [0.5, 0.6) is 0 Å². The molecule has 4 heterocycles. The highest BCUT2D eigenvalue weighted by molar-refractivity contribution is 5.94. The Kier molecular flexibility index (Phi) is 4.38. The number of amides is 1. The summed E-state index contributed by atoms with van der Waals surface area (Å²) in [5.41, 5.74) is 0.610. The molecule has 2 fully saturated rings. The first-order valence-corrected chi connectivity index (χ1v) is 9.89. The summed E-state index contributed by atoms with van der Waals surface area (Å²) in [7, 11) is 0. The summed E-state index contributed by atoms with van der Waals surface area (Å²) in [6.07, 6.45) is 13.5. The second-order valence-electron chi connectivity index (χ2n) is 7.75. The molecule has 2 aliphatic rings. The van der Waals surface area contributed by atoms with E-state index in [1.165, 1.54) is 12.8 Å². The van der Waals surface area contributed by atoms with E-state index in [0.717, 1.165) is 37.7 Å². The molecule has 0 unspecified atom stereocenters. The summed E-state index contributed by atoms with van der Waals surface area (Å²) in [6, 6.07) is 3.64. The summed E-state index contributed by atoms with van der Waals surface area (Å²) in [5.74, 6) is 2.97. The minimum atomic E-state index is 0.0350. The Morgan fingerprint density at radius 3 is 2.71 bits per heavy atom. The van der Waals surface area contributed by atoms with Gasteiger partial charge in [-0.2, -0.15) is 0 Å². The van der Waals surface area contributed by atoms with E-state index >= 15 is 0 Å². The average molecular weight is 377 g/mol. The van der Waals surface area contributed by atoms with Gasteiger partial charge in [-0.05, 0) is 43.7 Å². The molecule has 0 N–H and O–H groups in total. The molecule has 0 bridgehead atoms. The molecule has 1 aliphatic heterocycles. The van der Waals surface area contributed by atoms with Crippen LogP contribution < -0.4 is 0 Å². The number of carbonyl (C=O) groups excluding carboxylic acids is 1. The molecular formula is C20H23N7O. The van der Waals surface area contributed by atoms with Gasteiger partial charge < -0.3 is 9.47 Å². The summed E-state index contributed by atoms with van der Waals surface area (Å²) in [4.78, 5) is 24.0. The molecule has 28 heavy (non-hydrogen) atoms. The molecule has 144 valence electrons. The molecule has 1 saturated carbocycles. The van der Waals surface area contributed by atoms with E-state index in [1.54, 1.807) is 23.4 Å². The van der Waals surface area contributed by atoms with E-state index < -0.39 is 0 Å². The van der Waals surface area contributed by atoms with Crippen LogP contribution in [0.4, 0.5) is 0 Å². The molecule has 8 nitrogen and oxygen atoms in total. The van der Waals surface area contributed by atoms with Gasteiger partial charge in [0.1, 0.15) is 24.3 Å². The molecule has 3 aromatic rings. The minimum Gasteiger partial charge on any atom is -0.338 e. The minimum absolute atomic E-state index is 0.0350. The van der Waals surface area contributed by atoms with Crippen LogP contribution in [0.3, 0.4) is 0 Å². The van der Waals surface area contributed by atoms with Gasteiger partial charge in [0.2, 0.25) is 0 Å². The lowest BCUT2D eigenvalue weighted by Crippen LogP contribution is -2.39. The molecular weight excluding hydrogens is 354 g/mol. The summed E-state index contributed by atoms with van der Waals surface area (Å²) < 4.78 is 4.01. The molecule has 1 saturated heterocycles. The van der Waals surface area contributed by atoms with Crippen LogP contribution in [-0.2, 0) is 6.54 Å². The van der Waals surface area contributed by atoms with Crippen molar-refractivity contribution in [1.29, 1.82) is 0 Å². The number of nitrogens with zero attached hydrogens (tertiary/aromatic N) is 7. The number of piperidine rings is 1. The van der Waals surface area contributed by atoms with Crippen molar-refractivity contribution in [3.63, 3.8) is 0 Å². The number of aromatic nitrogens is 6. The van der Waals surface area contributed by atoms with Crippen LogP contribution in [0.25, 0.3) is 5.82 Å². The maximum absolute atomic E-state index is 13.0. The highest BCUT2D eigenvalue weighted by Crippen LogP contribution is 2.33. The normalized spacial score (nSPS) is 19.7. The highest BCUT2D eigenvalue weighted by atomic mass is 16.2. The second kappa shape index (κ2) is 7.18. The first-order chi connectivity index (χ1) is 13.8. The SMILES string of the molecule is O=C(c1ccc(-n2cnnc2)nc1)N1CCC[C@H](c2nccn2CC2CC2)C1. The topological polar surface area (TPSA) is 81.7 Å². The van der Waals surface area contributed by atoms with Gasteiger partial charge in [0.15, 0.2) is 0 Å². The Bertz CT molecular complexity index is 943. The van der Waals surface area contributed by atoms with Gasteiger partial charge in [-0.3, -0.25) is 9.36 Å². The lowest BCUT2D eigenvalue weighted by atomic mass is 9.96. The van der Waals surface area contributed by atoms with Crippen molar-refractivity contribution < 1.29 is 4.79 Å². The van der Waals surface area contributed by atoms with Crippen molar-refractivity contribution in [1.82, 2.24) is 34.2 Å². The maximum atomic E-state index is 13.0. The first-order valence-electron chi connectivity index (χ1n) is 9.89. The van der Waals surface area contributed by atoms with Crippen LogP contribution in [-0.4, -0.2) is 53.2 Å². The highest BCUT2D eigenvalue weighted by Gasteiger charge is 2.29. The van der Waals surface area contributed by atoms with Crippen molar-refractivity contribution in [2.75, 3.05) is 13.1 Å². The summed E-state index contributed by atoms with van der Waals surface area (Å²) >= 11 is 0. The van der Waals surface area contributed by atoms with Crippen molar-refractivity contribution in [2.24, 2.45) is 5.92 Å². The predicted octanol–water partition coefficient (Wildman–Crippen LogP) is 2.29. The van der Waals surface area contributed by atoms with Crippen molar-refractivity contribution >= 4 is 5.91 Å². The van der Waals surface area contributed by atoms with Crippen molar-refractivity contribution in [3.05, 3.63) is 54.8 Å². The lowest BCUT2D eigenvalue weighted by molar-refractivity contribution is 0.0702. The standard InChI is InChI=1S/C20H23N7O/c28-20(16-5-6-18(22-10-16)27-13-23-24-14-27)26-8-1-2-17(12-26)19-21-7-9-25(19)11-15-3-4-15/h5-7,9-10,13-15,17H,1-4,8,11-12H2/t17-/m0/s1. The molecule has 3 aromatic heterocycles. The number of carbonyl (C=O) groups is 1. The number of imidazole rings is 1. The van der Waals surface area contributed by atoms with Crippen molar-refractivity contribution in [2.45, 2.75) is 38.1 Å². The Morgan fingerprint density at radius 1 is 1.11 bits per heavy atom. The van der Waals surface area contributed by atoms with E-state index in [1.807, 2.05) is 23.2 Å². The largest absolute Gasteiger partial charge is 0.338 e.